The monoisotopic (exact) mass is 262 g/mol. The quantitative estimate of drug-likeness (QED) is 0.686. The van der Waals surface area contributed by atoms with Crippen LogP contribution >= 0.6 is 0 Å². The van der Waals surface area contributed by atoms with Crippen LogP contribution in [0.1, 0.15) is 37.8 Å². The SMILES string of the molecule is Cc1cccc(CN(C)CCCCNCC(C)C)c1. The van der Waals surface area contributed by atoms with E-state index in [4.69, 9.17) is 0 Å². The first-order valence-electron chi connectivity index (χ1n) is 7.52. The molecule has 0 aromatic heterocycles. The Bertz CT molecular complexity index is 347. The van der Waals surface area contributed by atoms with Crippen LogP contribution in [-0.4, -0.2) is 31.6 Å². The number of rotatable bonds is 9. The number of hydrogen-bond acceptors (Lipinski definition) is 2. The highest BCUT2D eigenvalue weighted by Crippen LogP contribution is 2.07. The Balaban J connectivity index is 2.09. The zero-order valence-corrected chi connectivity index (χ0v) is 13.1. The third-order valence-electron chi connectivity index (χ3n) is 3.23. The summed E-state index contributed by atoms with van der Waals surface area (Å²) in [4.78, 5) is 2.41. The molecule has 108 valence electrons. The van der Waals surface area contributed by atoms with Crippen LogP contribution in [0.5, 0.6) is 0 Å². The second-order valence-corrected chi connectivity index (χ2v) is 6.03. The molecule has 2 nitrogen and oxygen atoms in total. The Hall–Kier alpha value is -0.860. The molecule has 0 bridgehead atoms. The molecule has 0 aliphatic carbocycles. The first kappa shape index (κ1) is 16.2. The van der Waals surface area contributed by atoms with Crippen LogP contribution in [0.15, 0.2) is 24.3 Å². The van der Waals surface area contributed by atoms with Gasteiger partial charge >= 0.3 is 0 Å². The van der Waals surface area contributed by atoms with Crippen LogP contribution in [-0.2, 0) is 6.54 Å². The van der Waals surface area contributed by atoms with E-state index in [9.17, 15) is 0 Å². The summed E-state index contributed by atoms with van der Waals surface area (Å²) < 4.78 is 0. The Morgan fingerprint density at radius 3 is 2.68 bits per heavy atom. The zero-order valence-electron chi connectivity index (χ0n) is 13.1. The summed E-state index contributed by atoms with van der Waals surface area (Å²) in [5.41, 5.74) is 2.77. The van der Waals surface area contributed by atoms with Gasteiger partial charge in [-0.3, -0.25) is 0 Å². The van der Waals surface area contributed by atoms with Gasteiger partial charge in [0.25, 0.3) is 0 Å². The van der Waals surface area contributed by atoms with E-state index in [0.29, 0.717) is 0 Å². The van der Waals surface area contributed by atoms with Gasteiger partial charge in [0.2, 0.25) is 0 Å². The van der Waals surface area contributed by atoms with Crippen LogP contribution < -0.4 is 5.32 Å². The maximum atomic E-state index is 3.50. The lowest BCUT2D eigenvalue weighted by Gasteiger charge is -2.17. The van der Waals surface area contributed by atoms with Crippen LogP contribution in [0.3, 0.4) is 0 Å². The highest BCUT2D eigenvalue weighted by molar-refractivity contribution is 5.21. The summed E-state index contributed by atoms with van der Waals surface area (Å²) in [7, 11) is 2.21. The fraction of sp³-hybridized carbons (Fsp3) is 0.647. The van der Waals surface area contributed by atoms with E-state index >= 15 is 0 Å². The number of nitrogens with zero attached hydrogens (tertiary/aromatic N) is 1. The largest absolute Gasteiger partial charge is 0.316 e. The summed E-state index contributed by atoms with van der Waals surface area (Å²) in [5, 5.41) is 3.50. The van der Waals surface area contributed by atoms with Crippen molar-refractivity contribution in [2.75, 3.05) is 26.7 Å². The predicted octanol–water partition coefficient (Wildman–Crippen LogP) is 3.45. The maximum Gasteiger partial charge on any atom is 0.0230 e. The lowest BCUT2D eigenvalue weighted by molar-refractivity contribution is 0.317. The average molecular weight is 262 g/mol. The van der Waals surface area contributed by atoms with E-state index in [1.807, 2.05) is 0 Å². The van der Waals surface area contributed by atoms with Crippen LogP contribution in [0, 0.1) is 12.8 Å². The maximum absolute atomic E-state index is 3.50. The van der Waals surface area contributed by atoms with Crippen LogP contribution in [0.25, 0.3) is 0 Å². The standard InChI is InChI=1S/C17H30N2/c1-15(2)13-18-10-5-6-11-19(4)14-17-9-7-8-16(3)12-17/h7-9,12,15,18H,5-6,10-11,13-14H2,1-4H3. The van der Waals surface area contributed by atoms with Gasteiger partial charge in [-0.05, 0) is 57.9 Å². The van der Waals surface area contributed by atoms with Crippen LogP contribution in [0.4, 0.5) is 0 Å². The van der Waals surface area contributed by atoms with Crippen molar-refractivity contribution < 1.29 is 0 Å². The number of benzene rings is 1. The number of hydrogen-bond donors (Lipinski definition) is 1. The smallest absolute Gasteiger partial charge is 0.0230 e. The molecule has 0 amide bonds. The molecule has 0 spiro atoms. The minimum atomic E-state index is 0.754. The summed E-state index contributed by atoms with van der Waals surface area (Å²) in [5.74, 6) is 0.754. The third kappa shape index (κ3) is 8.02. The van der Waals surface area contributed by atoms with E-state index in [0.717, 1.165) is 25.6 Å². The Kier molecular flexibility index (Phi) is 7.76. The van der Waals surface area contributed by atoms with Crippen molar-refractivity contribution in [2.45, 2.75) is 40.2 Å². The summed E-state index contributed by atoms with van der Waals surface area (Å²) >= 11 is 0. The van der Waals surface area contributed by atoms with E-state index < -0.39 is 0 Å². The highest BCUT2D eigenvalue weighted by atomic mass is 15.1. The van der Waals surface area contributed by atoms with E-state index in [1.165, 1.54) is 30.5 Å². The van der Waals surface area contributed by atoms with Crippen molar-refractivity contribution in [1.82, 2.24) is 10.2 Å². The Morgan fingerprint density at radius 1 is 1.21 bits per heavy atom. The molecule has 0 fully saturated rings. The predicted molar refractivity (Wildman–Crippen MR) is 84.5 cm³/mol. The number of aryl methyl sites for hydroxylation is 1. The molecule has 0 heterocycles. The summed E-state index contributed by atoms with van der Waals surface area (Å²) in [6.45, 7) is 11.2. The molecule has 1 rings (SSSR count). The van der Waals surface area contributed by atoms with Crippen molar-refractivity contribution in [3.05, 3.63) is 35.4 Å². The van der Waals surface area contributed by atoms with E-state index in [-0.39, 0.29) is 0 Å². The molecule has 0 aliphatic rings. The molecule has 0 atom stereocenters. The van der Waals surface area contributed by atoms with Crippen molar-refractivity contribution in [2.24, 2.45) is 5.92 Å². The topological polar surface area (TPSA) is 15.3 Å². The number of unbranched alkanes of at least 4 members (excludes halogenated alkanes) is 1. The molecule has 19 heavy (non-hydrogen) atoms. The van der Waals surface area contributed by atoms with Gasteiger partial charge in [0.1, 0.15) is 0 Å². The second-order valence-electron chi connectivity index (χ2n) is 6.03. The van der Waals surface area contributed by atoms with Crippen molar-refractivity contribution in [1.29, 1.82) is 0 Å². The van der Waals surface area contributed by atoms with Crippen molar-refractivity contribution >= 4 is 0 Å². The zero-order chi connectivity index (χ0) is 14.1. The minimum absolute atomic E-state index is 0.754. The lowest BCUT2D eigenvalue weighted by Crippen LogP contribution is -2.23. The molecular formula is C17H30N2. The average Bonchev–Trinajstić information content (AvgIpc) is 2.33. The fourth-order valence-corrected chi connectivity index (χ4v) is 2.22. The van der Waals surface area contributed by atoms with Gasteiger partial charge in [-0.25, -0.2) is 0 Å². The summed E-state index contributed by atoms with van der Waals surface area (Å²) in [6, 6.07) is 8.80. The highest BCUT2D eigenvalue weighted by Gasteiger charge is 2.00. The fourth-order valence-electron chi connectivity index (χ4n) is 2.22. The second kappa shape index (κ2) is 9.11. The molecule has 0 unspecified atom stereocenters. The molecule has 1 N–H and O–H groups in total. The van der Waals surface area contributed by atoms with Crippen LogP contribution in [0.2, 0.25) is 0 Å². The van der Waals surface area contributed by atoms with Gasteiger partial charge in [-0.1, -0.05) is 43.7 Å². The van der Waals surface area contributed by atoms with Gasteiger partial charge in [0.15, 0.2) is 0 Å². The molecule has 0 aliphatic heterocycles. The van der Waals surface area contributed by atoms with Gasteiger partial charge in [0.05, 0.1) is 0 Å². The normalized spacial score (nSPS) is 11.5. The van der Waals surface area contributed by atoms with Gasteiger partial charge in [0, 0.05) is 6.54 Å². The first-order chi connectivity index (χ1) is 9.08. The lowest BCUT2D eigenvalue weighted by atomic mass is 10.1. The Labute approximate surface area is 119 Å². The molecule has 0 saturated carbocycles. The minimum Gasteiger partial charge on any atom is -0.316 e. The number of nitrogens with one attached hydrogen (secondary N) is 1. The van der Waals surface area contributed by atoms with E-state index in [2.05, 4.69) is 62.3 Å². The van der Waals surface area contributed by atoms with E-state index in [1.54, 1.807) is 0 Å². The van der Waals surface area contributed by atoms with Gasteiger partial charge in [-0.2, -0.15) is 0 Å². The summed E-state index contributed by atoms with van der Waals surface area (Å²) in [6.07, 6.45) is 2.54. The third-order valence-corrected chi connectivity index (χ3v) is 3.23. The molecule has 1 aromatic rings. The Morgan fingerprint density at radius 2 is 2.00 bits per heavy atom. The van der Waals surface area contributed by atoms with Gasteiger partial charge in [-0.15, -0.1) is 0 Å². The molecule has 0 radical (unpaired) electrons. The molecular weight excluding hydrogens is 232 g/mol. The van der Waals surface area contributed by atoms with Crippen molar-refractivity contribution in [3.63, 3.8) is 0 Å². The molecule has 2 heteroatoms. The van der Waals surface area contributed by atoms with Gasteiger partial charge < -0.3 is 10.2 Å². The van der Waals surface area contributed by atoms with Crippen molar-refractivity contribution in [3.8, 4) is 0 Å². The molecule has 0 saturated heterocycles. The first-order valence-corrected chi connectivity index (χ1v) is 7.52. The molecule has 1 aromatic carbocycles.